The Kier molecular flexibility index (Phi) is 6.87. The van der Waals surface area contributed by atoms with Crippen LogP contribution in [0.4, 0.5) is 9.59 Å². The van der Waals surface area contributed by atoms with Gasteiger partial charge in [-0.1, -0.05) is 26.7 Å². The summed E-state index contributed by atoms with van der Waals surface area (Å²) in [6.07, 6.45) is 1.09. The Morgan fingerprint density at radius 3 is 1.37 bits per heavy atom. The maximum Gasteiger partial charge on any atom is 0.519 e. The van der Waals surface area contributed by atoms with Crippen LogP contribution in [0.5, 0.6) is 0 Å². The SMILES string of the molecule is CCCC(C)(C)OC(=O)OC(=O)OC(C)(C)CCC. The summed E-state index contributed by atoms with van der Waals surface area (Å²) in [5, 5.41) is 0. The zero-order valence-corrected chi connectivity index (χ0v) is 12.9. The minimum atomic E-state index is -1.02. The zero-order chi connectivity index (χ0) is 15.1. The van der Waals surface area contributed by atoms with Crippen LogP contribution in [0.25, 0.3) is 0 Å². The first-order valence-electron chi connectivity index (χ1n) is 6.75. The summed E-state index contributed by atoms with van der Waals surface area (Å²) in [5.41, 5.74) is -1.30. The number of ether oxygens (including phenoxy) is 3. The van der Waals surface area contributed by atoms with E-state index in [0.717, 1.165) is 12.8 Å². The van der Waals surface area contributed by atoms with Crippen molar-refractivity contribution in [1.82, 2.24) is 0 Å². The fourth-order valence-electron chi connectivity index (χ4n) is 1.87. The van der Waals surface area contributed by atoms with Gasteiger partial charge in [0.15, 0.2) is 0 Å². The molecule has 112 valence electrons. The molecule has 0 unspecified atom stereocenters. The Morgan fingerprint density at radius 2 is 1.11 bits per heavy atom. The molecule has 0 bridgehead atoms. The molecule has 0 fully saturated rings. The largest absolute Gasteiger partial charge is 0.519 e. The molecule has 5 nitrogen and oxygen atoms in total. The highest BCUT2D eigenvalue weighted by atomic mass is 16.8. The fraction of sp³-hybridized carbons (Fsp3) is 0.857. The van der Waals surface area contributed by atoms with E-state index in [1.165, 1.54) is 0 Å². The molecule has 0 aliphatic heterocycles. The van der Waals surface area contributed by atoms with Gasteiger partial charge in [-0.25, -0.2) is 9.59 Å². The molecule has 0 aromatic rings. The van der Waals surface area contributed by atoms with Crippen molar-refractivity contribution in [3.8, 4) is 0 Å². The van der Waals surface area contributed by atoms with Gasteiger partial charge in [0, 0.05) is 0 Å². The fourth-order valence-corrected chi connectivity index (χ4v) is 1.87. The molecule has 0 aliphatic carbocycles. The smallest absolute Gasteiger partial charge is 0.428 e. The second kappa shape index (κ2) is 7.36. The van der Waals surface area contributed by atoms with E-state index in [4.69, 9.17) is 9.47 Å². The minimum absolute atomic E-state index is 0.648. The summed E-state index contributed by atoms with van der Waals surface area (Å²) in [4.78, 5) is 22.9. The van der Waals surface area contributed by atoms with Crippen LogP contribution in [-0.4, -0.2) is 23.5 Å². The maximum absolute atomic E-state index is 11.4. The molecular weight excluding hydrogens is 248 g/mol. The Balaban J connectivity index is 4.23. The second-order valence-corrected chi connectivity index (χ2v) is 5.83. The van der Waals surface area contributed by atoms with Gasteiger partial charge in [0.05, 0.1) is 0 Å². The Hall–Kier alpha value is -1.26. The van der Waals surface area contributed by atoms with Gasteiger partial charge in [0.1, 0.15) is 11.2 Å². The number of carbonyl (C=O) groups excluding carboxylic acids is 2. The Labute approximate surface area is 115 Å². The Morgan fingerprint density at radius 1 is 0.789 bits per heavy atom. The highest BCUT2D eigenvalue weighted by molar-refractivity contribution is 5.77. The monoisotopic (exact) mass is 274 g/mol. The third kappa shape index (κ3) is 8.46. The predicted molar refractivity (Wildman–Crippen MR) is 72.0 cm³/mol. The lowest BCUT2D eigenvalue weighted by Gasteiger charge is -2.25. The van der Waals surface area contributed by atoms with E-state index in [0.29, 0.717) is 12.8 Å². The first-order chi connectivity index (χ1) is 8.62. The van der Waals surface area contributed by atoms with Gasteiger partial charge in [-0.2, -0.15) is 0 Å². The summed E-state index contributed by atoms with van der Waals surface area (Å²) in [5.74, 6) is 0. The van der Waals surface area contributed by atoms with Crippen molar-refractivity contribution in [2.75, 3.05) is 0 Å². The number of hydrogen-bond acceptors (Lipinski definition) is 5. The molecule has 5 heteroatoms. The van der Waals surface area contributed by atoms with Crippen LogP contribution in [-0.2, 0) is 14.2 Å². The molecule has 0 aromatic heterocycles. The van der Waals surface area contributed by atoms with E-state index in [1.807, 2.05) is 13.8 Å². The molecule has 0 heterocycles. The van der Waals surface area contributed by atoms with Crippen molar-refractivity contribution >= 4 is 12.3 Å². The van der Waals surface area contributed by atoms with Crippen LogP contribution in [0.3, 0.4) is 0 Å². The van der Waals surface area contributed by atoms with Crippen LogP contribution in [0.2, 0.25) is 0 Å². The van der Waals surface area contributed by atoms with Crippen LogP contribution >= 0.6 is 0 Å². The predicted octanol–water partition coefficient (Wildman–Crippen LogP) is 4.43. The average molecular weight is 274 g/mol. The van der Waals surface area contributed by atoms with Crippen LogP contribution in [0.1, 0.15) is 67.2 Å². The highest BCUT2D eigenvalue weighted by Gasteiger charge is 2.28. The van der Waals surface area contributed by atoms with Gasteiger partial charge in [-0.05, 0) is 40.5 Å². The molecule has 0 amide bonds. The van der Waals surface area contributed by atoms with Crippen molar-refractivity contribution in [3.63, 3.8) is 0 Å². The lowest BCUT2D eigenvalue weighted by molar-refractivity contribution is -0.0424. The second-order valence-electron chi connectivity index (χ2n) is 5.83. The first-order valence-corrected chi connectivity index (χ1v) is 6.75. The molecule has 0 rings (SSSR count). The van der Waals surface area contributed by atoms with Crippen molar-refractivity contribution < 1.29 is 23.8 Å². The lowest BCUT2D eigenvalue weighted by atomic mass is 10.0. The van der Waals surface area contributed by atoms with E-state index >= 15 is 0 Å². The average Bonchev–Trinajstić information content (AvgIpc) is 2.13. The van der Waals surface area contributed by atoms with E-state index in [1.54, 1.807) is 27.7 Å². The quantitative estimate of drug-likeness (QED) is 0.529. The molecule has 0 aliphatic rings. The van der Waals surface area contributed by atoms with E-state index < -0.39 is 23.5 Å². The maximum atomic E-state index is 11.4. The van der Waals surface area contributed by atoms with Gasteiger partial charge in [0.2, 0.25) is 0 Å². The summed E-state index contributed by atoms with van der Waals surface area (Å²) in [6.45, 7) is 11.0. The molecule has 0 saturated carbocycles. The normalized spacial score (nSPS) is 11.9. The van der Waals surface area contributed by atoms with Gasteiger partial charge < -0.3 is 14.2 Å². The summed E-state index contributed by atoms with van der Waals surface area (Å²) >= 11 is 0. The summed E-state index contributed by atoms with van der Waals surface area (Å²) < 4.78 is 14.6. The van der Waals surface area contributed by atoms with E-state index in [9.17, 15) is 9.59 Å². The molecule has 0 saturated heterocycles. The molecule has 0 spiro atoms. The highest BCUT2D eigenvalue weighted by Crippen LogP contribution is 2.19. The molecule has 0 N–H and O–H groups in total. The standard InChI is InChI=1S/C14H26O5/c1-7-9-13(3,4)18-11(15)17-12(16)19-14(5,6)10-8-2/h7-10H2,1-6H3. The third-order valence-corrected chi connectivity index (χ3v) is 2.59. The van der Waals surface area contributed by atoms with Crippen molar-refractivity contribution in [3.05, 3.63) is 0 Å². The molecule has 0 radical (unpaired) electrons. The molecule has 0 aromatic carbocycles. The van der Waals surface area contributed by atoms with Crippen molar-refractivity contribution in [2.45, 2.75) is 78.4 Å². The number of rotatable bonds is 6. The summed E-state index contributed by atoms with van der Waals surface area (Å²) in [7, 11) is 0. The van der Waals surface area contributed by atoms with Crippen LogP contribution < -0.4 is 0 Å². The van der Waals surface area contributed by atoms with Crippen LogP contribution in [0.15, 0.2) is 0 Å². The molecule has 19 heavy (non-hydrogen) atoms. The van der Waals surface area contributed by atoms with Gasteiger partial charge in [0.25, 0.3) is 0 Å². The summed E-state index contributed by atoms with van der Waals surface area (Å²) in [6, 6.07) is 0. The van der Waals surface area contributed by atoms with Crippen molar-refractivity contribution in [2.24, 2.45) is 0 Å². The van der Waals surface area contributed by atoms with Crippen LogP contribution in [0, 0.1) is 0 Å². The molecule has 0 atom stereocenters. The van der Waals surface area contributed by atoms with Gasteiger partial charge in [-0.15, -0.1) is 0 Å². The van der Waals surface area contributed by atoms with Gasteiger partial charge in [-0.3, -0.25) is 0 Å². The topological polar surface area (TPSA) is 61.8 Å². The van der Waals surface area contributed by atoms with E-state index in [-0.39, 0.29) is 0 Å². The minimum Gasteiger partial charge on any atom is -0.428 e. The zero-order valence-electron chi connectivity index (χ0n) is 12.9. The van der Waals surface area contributed by atoms with Gasteiger partial charge >= 0.3 is 12.3 Å². The number of carbonyl (C=O) groups is 2. The van der Waals surface area contributed by atoms with E-state index in [2.05, 4.69) is 4.74 Å². The Bertz CT molecular complexity index is 277. The third-order valence-electron chi connectivity index (χ3n) is 2.59. The molecular formula is C14H26O5. The first kappa shape index (κ1) is 17.7. The number of hydrogen-bond donors (Lipinski definition) is 0. The van der Waals surface area contributed by atoms with Crippen molar-refractivity contribution in [1.29, 1.82) is 0 Å². The lowest BCUT2D eigenvalue weighted by Crippen LogP contribution is -2.32.